The standard InChI is InChI=1S/C16H19N3O/c1-3-19(15-6-4-12(2)5-7-15)16(20)13-8-9-18-14(10-13)11-17/h4-10H,3,11,17H2,1-2H3. The second kappa shape index (κ2) is 6.30. The molecule has 0 spiro atoms. The van der Waals surface area contributed by atoms with E-state index < -0.39 is 0 Å². The molecule has 0 aliphatic carbocycles. The van der Waals surface area contributed by atoms with Crippen molar-refractivity contribution in [3.8, 4) is 0 Å². The maximum Gasteiger partial charge on any atom is 0.258 e. The molecule has 1 aromatic carbocycles. The molecule has 0 atom stereocenters. The number of pyridine rings is 1. The average Bonchev–Trinajstić information content (AvgIpc) is 2.50. The molecule has 0 fully saturated rings. The van der Waals surface area contributed by atoms with Crippen LogP contribution in [0.4, 0.5) is 5.69 Å². The van der Waals surface area contributed by atoms with Gasteiger partial charge in [0.1, 0.15) is 0 Å². The Hall–Kier alpha value is -2.20. The molecule has 0 saturated heterocycles. The van der Waals surface area contributed by atoms with E-state index in [1.807, 2.05) is 38.1 Å². The van der Waals surface area contributed by atoms with Crippen LogP contribution in [-0.4, -0.2) is 17.4 Å². The van der Waals surface area contributed by atoms with E-state index >= 15 is 0 Å². The fourth-order valence-electron chi connectivity index (χ4n) is 2.05. The van der Waals surface area contributed by atoms with E-state index in [2.05, 4.69) is 4.98 Å². The zero-order chi connectivity index (χ0) is 14.5. The third kappa shape index (κ3) is 3.03. The van der Waals surface area contributed by atoms with Crippen LogP contribution < -0.4 is 10.6 Å². The first-order valence-corrected chi connectivity index (χ1v) is 6.69. The Kier molecular flexibility index (Phi) is 4.48. The van der Waals surface area contributed by atoms with Crippen molar-refractivity contribution in [2.75, 3.05) is 11.4 Å². The maximum absolute atomic E-state index is 12.6. The van der Waals surface area contributed by atoms with Gasteiger partial charge in [-0.25, -0.2) is 0 Å². The Morgan fingerprint density at radius 1 is 1.25 bits per heavy atom. The fraction of sp³-hybridized carbons (Fsp3) is 0.250. The highest BCUT2D eigenvalue weighted by molar-refractivity contribution is 6.06. The lowest BCUT2D eigenvalue weighted by Crippen LogP contribution is -2.30. The summed E-state index contributed by atoms with van der Waals surface area (Å²) in [5, 5.41) is 0. The van der Waals surface area contributed by atoms with Crippen LogP contribution in [-0.2, 0) is 6.54 Å². The van der Waals surface area contributed by atoms with E-state index in [1.54, 1.807) is 23.2 Å². The Morgan fingerprint density at radius 2 is 1.95 bits per heavy atom. The lowest BCUT2D eigenvalue weighted by molar-refractivity contribution is 0.0988. The summed E-state index contributed by atoms with van der Waals surface area (Å²) in [5.74, 6) is -0.0338. The Balaban J connectivity index is 2.31. The number of carbonyl (C=O) groups excluding carboxylic acids is 1. The van der Waals surface area contributed by atoms with Gasteiger partial charge in [-0.2, -0.15) is 0 Å². The third-order valence-corrected chi connectivity index (χ3v) is 3.18. The van der Waals surface area contributed by atoms with Gasteiger partial charge >= 0.3 is 0 Å². The van der Waals surface area contributed by atoms with Gasteiger partial charge in [0, 0.05) is 30.5 Å². The van der Waals surface area contributed by atoms with Crippen LogP contribution in [0.3, 0.4) is 0 Å². The summed E-state index contributed by atoms with van der Waals surface area (Å²) in [6, 6.07) is 11.4. The van der Waals surface area contributed by atoms with Crippen LogP contribution in [0.15, 0.2) is 42.6 Å². The molecule has 2 rings (SSSR count). The summed E-state index contributed by atoms with van der Waals surface area (Å²) in [6.07, 6.45) is 1.62. The van der Waals surface area contributed by atoms with E-state index in [0.29, 0.717) is 18.7 Å². The molecule has 4 nitrogen and oxygen atoms in total. The highest BCUT2D eigenvalue weighted by atomic mass is 16.2. The van der Waals surface area contributed by atoms with Crippen LogP contribution in [0.2, 0.25) is 0 Å². The molecule has 0 saturated carbocycles. The molecule has 0 unspecified atom stereocenters. The van der Waals surface area contributed by atoms with Crippen molar-refractivity contribution in [2.45, 2.75) is 20.4 Å². The second-order valence-corrected chi connectivity index (χ2v) is 4.62. The van der Waals surface area contributed by atoms with Crippen molar-refractivity contribution in [3.63, 3.8) is 0 Å². The number of rotatable bonds is 4. The Labute approximate surface area is 119 Å². The molecule has 104 valence electrons. The van der Waals surface area contributed by atoms with Crippen LogP contribution in [0.5, 0.6) is 0 Å². The van der Waals surface area contributed by atoms with E-state index in [-0.39, 0.29) is 5.91 Å². The van der Waals surface area contributed by atoms with Crippen molar-refractivity contribution < 1.29 is 4.79 Å². The van der Waals surface area contributed by atoms with Gasteiger partial charge in [-0.15, -0.1) is 0 Å². The number of hydrogen-bond acceptors (Lipinski definition) is 3. The lowest BCUT2D eigenvalue weighted by atomic mass is 10.1. The minimum absolute atomic E-state index is 0.0338. The number of benzene rings is 1. The minimum atomic E-state index is -0.0338. The van der Waals surface area contributed by atoms with Crippen molar-refractivity contribution in [3.05, 3.63) is 59.4 Å². The third-order valence-electron chi connectivity index (χ3n) is 3.18. The van der Waals surface area contributed by atoms with Crippen molar-refractivity contribution in [2.24, 2.45) is 5.73 Å². The Bertz CT molecular complexity index is 593. The molecule has 0 aliphatic rings. The van der Waals surface area contributed by atoms with Crippen LogP contribution in [0, 0.1) is 6.92 Å². The van der Waals surface area contributed by atoms with Gasteiger partial charge in [-0.1, -0.05) is 17.7 Å². The number of amides is 1. The van der Waals surface area contributed by atoms with Gasteiger partial charge < -0.3 is 10.6 Å². The first-order valence-electron chi connectivity index (χ1n) is 6.69. The molecule has 1 heterocycles. The quantitative estimate of drug-likeness (QED) is 0.927. The van der Waals surface area contributed by atoms with Gasteiger partial charge in [0.15, 0.2) is 0 Å². The number of aromatic nitrogens is 1. The van der Waals surface area contributed by atoms with Crippen molar-refractivity contribution >= 4 is 11.6 Å². The molecular formula is C16H19N3O. The van der Waals surface area contributed by atoms with Crippen LogP contribution >= 0.6 is 0 Å². The predicted octanol–water partition coefficient (Wildman–Crippen LogP) is 2.52. The van der Waals surface area contributed by atoms with Gasteiger partial charge in [-0.05, 0) is 38.1 Å². The SMILES string of the molecule is CCN(C(=O)c1ccnc(CN)c1)c1ccc(C)cc1. The number of anilines is 1. The van der Waals surface area contributed by atoms with Gasteiger partial charge in [0.2, 0.25) is 0 Å². The molecule has 4 heteroatoms. The van der Waals surface area contributed by atoms with E-state index in [0.717, 1.165) is 11.4 Å². The molecule has 1 amide bonds. The minimum Gasteiger partial charge on any atom is -0.325 e. The largest absolute Gasteiger partial charge is 0.325 e. The van der Waals surface area contributed by atoms with Crippen LogP contribution in [0.25, 0.3) is 0 Å². The molecular weight excluding hydrogens is 250 g/mol. The number of hydrogen-bond donors (Lipinski definition) is 1. The number of nitrogens with two attached hydrogens (primary N) is 1. The zero-order valence-corrected chi connectivity index (χ0v) is 11.8. The van der Waals surface area contributed by atoms with Gasteiger partial charge in [0.25, 0.3) is 5.91 Å². The summed E-state index contributed by atoms with van der Waals surface area (Å²) in [5.41, 5.74) is 8.97. The van der Waals surface area contributed by atoms with Gasteiger partial charge in [0.05, 0.1) is 5.69 Å². The second-order valence-electron chi connectivity index (χ2n) is 4.62. The van der Waals surface area contributed by atoms with Gasteiger partial charge in [-0.3, -0.25) is 9.78 Å². The molecule has 1 aromatic heterocycles. The highest BCUT2D eigenvalue weighted by Crippen LogP contribution is 2.18. The van der Waals surface area contributed by atoms with Crippen molar-refractivity contribution in [1.29, 1.82) is 0 Å². The predicted molar refractivity (Wildman–Crippen MR) is 80.7 cm³/mol. The smallest absolute Gasteiger partial charge is 0.258 e. The topological polar surface area (TPSA) is 59.2 Å². The van der Waals surface area contributed by atoms with E-state index in [9.17, 15) is 4.79 Å². The highest BCUT2D eigenvalue weighted by Gasteiger charge is 2.16. The molecule has 0 radical (unpaired) electrons. The van der Waals surface area contributed by atoms with Crippen LogP contribution in [0.1, 0.15) is 28.5 Å². The molecule has 20 heavy (non-hydrogen) atoms. The monoisotopic (exact) mass is 269 g/mol. The average molecular weight is 269 g/mol. The molecule has 0 aliphatic heterocycles. The first-order chi connectivity index (χ1) is 9.65. The van der Waals surface area contributed by atoms with Crippen molar-refractivity contribution in [1.82, 2.24) is 4.98 Å². The summed E-state index contributed by atoms with van der Waals surface area (Å²) >= 11 is 0. The number of nitrogens with zero attached hydrogens (tertiary/aromatic N) is 2. The lowest BCUT2D eigenvalue weighted by Gasteiger charge is -2.21. The molecule has 2 aromatic rings. The zero-order valence-electron chi connectivity index (χ0n) is 11.8. The first kappa shape index (κ1) is 14.2. The number of aryl methyl sites for hydroxylation is 1. The normalized spacial score (nSPS) is 10.3. The molecule has 2 N–H and O–H groups in total. The van der Waals surface area contributed by atoms with E-state index in [1.165, 1.54) is 5.56 Å². The maximum atomic E-state index is 12.6. The summed E-state index contributed by atoms with van der Waals surface area (Å²) in [4.78, 5) is 18.4. The summed E-state index contributed by atoms with van der Waals surface area (Å²) < 4.78 is 0. The summed E-state index contributed by atoms with van der Waals surface area (Å²) in [7, 11) is 0. The fourth-order valence-corrected chi connectivity index (χ4v) is 2.05. The van der Waals surface area contributed by atoms with E-state index in [4.69, 9.17) is 5.73 Å². The Morgan fingerprint density at radius 3 is 2.55 bits per heavy atom. The summed E-state index contributed by atoms with van der Waals surface area (Å²) in [6.45, 7) is 4.93. The molecule has 0 bridgehead atoms. The number of carbonyl (C=O) groups is 1.